The Morgan fingerprint density at radius 2 is 1.11 bits per heavy atom. The molecular weight excluding hydrogens is 488 g/mol. The van der Waals surface area contributed by atoms with Crippen LogP contribution in [0, 0.1) is 0 Å². The van der Waals surface area contributed by atoms with E-state index in [1.807, 2.05) is 84.9 Å². The second kappa shape index (κ2) is 12.4. The van der Waals surface area contributed by atoms with Crippen LogP contribution >= 0.6 is 11.8 Å². The smallest absolute Gasteiger partial charge is 0.264 e. The van der Waals surface area contributed by atoms with Crippen LogP contribution in [0.1, 0.15) is 22.3 Å². The van der Waals surface area contributed by atoms with Crippen molar-refractivity contribution in [2.75, 3.05) is 18.6 Å². The van der Waals surface area contributed by atoms with Gasteiger partial charge in [0.05, 0.1) is 24.2 Å². The number of rotatable bonds is 12. The van der Waals surface area contributed by atoms with Gasteiger partial charge >= 0.3 is 0 Å². The average Bonchev–Trinajstić information content (AvgIpc) is 2.90. The zero-order valence-electron chi connectivity index (χ0n) is 20.2. The van der Waals surface area contributed by atoms with E-state index in [4.69, 9.17) is 8.92 Å². The normalized spacial score (nSPS) is 12.8. The quantitative estimate of drug-likeness (QED) is 0.163. The average molecular weight is 519 g/mol. The van der Waals surface area contributed by atoms with Crippen molar-refractivity contribution in [3.63, 3.8) is 0 Å². The van der Waals surface area contributed by atoms with E-state index in [2.05, 4.69) is 36.4 Å². The fraction of sp³-hybridized carbons (Fsp3) is 0.200. The molecule has 6 heteroatoms. The van der Waals surface area contributed by atoms with Crippen molar-refractivity contribution in [2.45, 2.75) is 17.5 Å². The topological polar surface area (TPSA) is 52.6 Å². The third kappa shape index (κ3) is 6.86. The van der Waals surface area contributed by atoms with E-state index in [-0.39, 0.29) is 6.61 Å². The highest BCUT2D eigenvalue weighted by molar-refractivity contribution is 8.00. The van der Waals surface area contributed by atoms with Gasteiger partial charge in [0.15, 0.2) is 0 Å². The number of ether oxygens (including phenoxy) is 1. The lowest BCUT2D eigenvalue weighted by Gasteiger charge is -2.36. The Balaban J connectivity index is 1.67. The van der Waals surface area contributed by atoms with Gasteiger partial charge in [0.1, 0.15) is 6.10 Å². The molecule has 0 aliphatic carbocycles. The third-order valence-corrected chi connectivity index (χ3v) is 8.05. The summed E-state index contributed by atoms with van der Waals surface area (Å²) in [6.45, 7) is 0.541. The fourth-order valence-corrected chi connectivity index (χ4v) is 6.43. The number of thioether (sulfide) groups is 1. The summed E-state index contributed by atoms with van der Waals surface area (Å²) in [6.07, 6.45) is 0.435. The molecule has 4 aromatic rings. The second-order valence-corrected chi connectivity index (χ2v) is 11.3. The minimum Gasteiger partial charge on any atom is -0.374 e. The van der Waals surface area contributed by atoms with E-state index >= 15 is 0 Å². The second-order valence-electron chi connectivity index (χ2n) is 8.51. The lowest BCUT2D eigenvalue weighted by Crippen LogP contribution is -2.31. The van der Waals surface area contributed by atoms with Gasteiger partial charge in [0.25, 0.3) is 10.1 Å². The van der Waals surface area contributed by atoms with E-state index in [1.165, 1.54) is 0 Å². The molecule has 4 rings (SSSR count). The number of hydrogen-bond donors (Lipinski definition) is 0. The Kier molecular flexibility index (Phi) is 8.99. The van der Waals surface area contributed by atoms with Crippen LogP contribution in [-0.4, -0.2) is 33.1 Å². The molecule has 4 aromatic carbocycles. The molecule has 0 aliphatic heterocycles. The first kappa shape index (κ1) is 26.2. The van der Waals surface area contributed by atoms with E-state index in [1.54, 1.807) is 11.8 Å². The predicted molar refractivity (Wildman–Crippen MR) is 147 cm³/mol. The molecule has 0 aromatic heterocycles. The maximum atomic E-state index is 12.1. The molecule has 0 saturated heterocycles. The molecule has 0 heterocycles. The molecule has 36 heavy (non-hydrogen) atoms. The molecule has 0 spiro atoms. The van der Waals surface area contributed by atoms with E-state index in [9.17, 15) is 8.42 Å². The first-order valence-corrected chi connectivity index (χ1v) is 14.6. The molecule has 0 unspecified atom stereocenters. The lowest BCUT2D eigenvalue weighted by molar-refractivity contribution is 0.0545. The van der Waals surface area contributed by atoms with Crippen molar-refractivity contribution in [2.24, 2.45) is 0 Å². The molecule has 1 atom stereocenters. The van der Waals surface area contributed by atoms with Crippen molar-refractivity contribution >= 4 is 21.9 Å². The highest BCUT2D eigenvalue weighted by atomic mass is 32.2. The Bertz CT molecular complexity index is 1200. The SMILES string of the molecule is CS(=O)(=O)O[C@H](COCc1ccccc1)CSC(c1ccccc1)(c1ccccc1)c1ccccc1. The lowest BCUT2D eigenvalue weighted by atomic mass is 9.84. The summed E-state index contributed by atoms with van der Waals surface area (Å²) in [7, 11) is -3.67. The van der Waals surface area contributed by atoms with Crippen LogP contribution < -0.4 is 0 Å². The van der Waals surface area contributed by atoms with Gasteiger partial charge in [-0.3, -0.25) is 4.18 Å². The minimum absolute atomic E-state index is 0.156. The molecule has 4 nitrogen and oxygen atoms in total. The first-order valence-electron chi connectivity index (χ1n) is 11.8. The van der Waals surface area contributed by atoms with Crippen molar-refractivity contribution in [3.8, 4) is 0 Å². The van der Waals surface area contributed by atoms with Gasteiger partial charge in [-0.25, -0.2) is 0 Å². The highest BCUT2D eigenvalue weighted by Crippen LogP contribution is 2.48. The standard InChI is InChI=1S/C30H30O4S2/c1-36(31,32)34-29(23-33-22-25-14-6-2-7-15-25)24-35-30(26-16-8-3-9-17-26,27-18-10-4-11-19-27)28-20-12-5-13-21-28/h2-21,29H,22-24H2,1H3/t29-/m1/s1. The first-order chi connectivity index (χ1) is 17.5. The Morgan fingerprint density at radius 1 is 0.694 bits per heavy atom. The number of benzene rings is 4. The Labute approximate surface area is 218 Å². The summed E-state index contributed by atoms with van der Waals surface area (Å²) >= 11 is 1.65. The van der Waals surface area contributed by atoms with Crippen LogP contribution in [0.2, 0.25) is 0 Å². The van der Waals surface area contributed by atoms with Gasteiger partial charge < -0.3 is 4.74 Å². The van der Waals surface area contributed by atoms with Crippen molar-refractivity contribution in [1.29, 1.82) is 0 Å². The largest absolute Gasteiger partial charge is 0.374 e. The van der Waals surface area contributed by atoms with Crippen molar-refractivity contribution in [3.05, 3.63) is 144 Å². The molecule has 186 valence electrons. The summed E-state index contributed by atoms with van der Waals surface area (Å²) in [5, 5.41) is 0. The predicted octanol–water partition coefficient (Wildman–Crippen LogP) is 6.27. The summed E-state index contributed by atoms with van der Waals surface area (Å²) in [6, 6.07) is 40.7. The Morgan fingerprint density at radius 3 is 1.53 bits per heavy atom. The zero-order chi connectivity index (χ0) is 25.3. The number of hydrogen-bond acceptors (Lipinski definition) is 5. The third-order valence-electron chi connectivity index (χ3n) is 5.75. The molecule has 0 N–H and O–H groups in total. The van der Waals surface area contributed by atoms with Crippen LogP contribution in [-0.2, 0) is 30.4 Å². The zero-order valence-corrected chi connectivity index (χ0v) is 21.8. The molecule has 0 amide bonds. The summed E-state index contributed by atoms with van der Waals surface area (Å²) in [4.78, 5) is 0. The molecule has 0 radical (unpaired) electrons. The minimum atomic E-state index is -3.67. The summed E-state index contributed by atoms with van der Waals surface area (Å²) in [5.41, 5.74) is 4.34. The molecule has 0 aliphatic rings. The van der Waals surface area contributed by atoms with Crippen molar-refractivity contribution in [1.82, 2.24) is 0 Å². The van der Waals surface area contributed by atoms with Crippen LogP contribution in [0.5, 0.6) is 0 Å². The molecular formula is C30H30O4S2. The maximum absolute atomic E-state index is 12.1. The van der Waals surface area contributed by atoms with Gasteiger partial charge in [-0.15, -0.1) is 11.8 Å². The van der Waals surface area contributed by atoms with Crippen molar-refractivity contribution < 1.29 is 17.3 Å². The van der Waals surface area contributed by atoms with Gasteiger partial charge in [0.2, 0.25) is 0 Å². The van der Waals surface area contributed by atoms with E-state index in [0.717, 1.165) is 28.5 Å². The molecule has 0 fully saturated rings. The van der Waals surface area contributed by atoms with Gasteiger partial charge in [-0.1, -0.05) is 121 Å². The van der Waals surface area contributed by atoms with Gasteiger partial charge in [-0.05, 0) is 22.3 Å². The van der Waals surface area contributed by atoms with Gasteiger partial charge in [0, 0.05) is 5.75 Å². The van der Waals surface area contributed by atoms with Crippen LogP contribution in [0.4, 0.5) is 0 Å². The van der Waals surface area contributed by atoms with E-state index in [0.29, 0.717) is 12.4 Å². The van der Waals surface area contributed by atoms with E-state index < -0.39 is 21.0 Å². The summed E-state index contributed by atoms with van der Waals surface area (Å²) < 4.78 is 35.1. The monoisotopic (exact) mass is 518 g/mol. The van der Waals surface area contributed by atoms with Crippen LogP contribution in [0.15, 0.2) is 121 Å². The van der Waals surface area contributed by atoms with Crippen LogP contribution in [0.25, 0.3) is 0 Å². The van der Waals surface area contributed by atoms with Gasteiger partial charge in [-0.2, -0.15) is 8.42 Å². The summed E-state index contributed by atoms with van der Waals surface area (Å²) in [5.74, 6) is 0.403. The molecule has 0 bridgehead atoms. The fourth-order valence-electron chi connectivity index (χ4n) is 4.22. The molecule has 0 saturated carbocycles. The Hall–Kier alpha value is -2.90. The highest BCUT2D eigenvalue weighted by Gasteiger charge is 2.38. The van der Waals surface area contributed by atoms with Crippen LogP contribution in [0.3, 0.4) is 0 Å². The maximum Gasteiger partial charge on any atom is 0.264 e.